The number of carbonyl (C=O) groups is 2. The summed E-state index contributed by atoms with van der Waals surface area (Å²) in [5.41, 5.74) is 0. The summed E-state index contributed by atoms with van der Waals surface area (Å²) in [6.07, 6.45) is 4.22. The van der Waals surface area contributed by atoms with E-state index in [1.165, 1.54) is 25.9 Å². The minimum atomic E-state index is -1.82. The third-order valence-electron chi connectivity index (χ3n) is 3.05. The van der Waals surface area contributed by atoms with Gasteiger partial charge in [0.05, 0.1) is 12.8 Å². The molecule has 0 radical (unpaired) electrons. The first kappa shape index (κ1) is 16.2. The van der Waals surface area contributed by atoms with Crippen LogP contribution in [0.1, 0.15) is 18.6 Å². The Morgan fingerprint density at radius 1 is 1.35 bits per heavy atom. The fraction of sp³-hybridized carbons (Fsp3) is 0.538. The van der Waals surface area contributed by atoms with Crippen LogP contribution in [0.25, 0.3) is 0 Å². The monoisotopic (exact) mass is 284 g/mol. The second kappa shape index (κ2) is 8.34. The summed E-state index contributed by atoms with van der Waals surface area (Å²) in [6, 6.07) is 4.62. The van der Waals surface area contributed by atoms with Crippen molar-refractivity contribution < 1.29 is 24.2 Å². The van der Waals surface area contributed by atoms with Crippen LogP contribution in [0.15, 0.2) is 22.8 Å². The Labute approximate surface area is 117 Å². The number of piperidine rings is 1. The molecule has 0 saturated carbocycles. The van der Waals surface area contributed by atoms with Gasteiger partial charge in [0.1, 0.15) is 5.76 Å². The second-order valence-corrected chi connectivity index (χ2v) is 4.65. The van der Waals surface area contributed by atoms with Gasteiger partial charge in [-0.05, 0) is 45.1 Å². The molecule has 112 valence electrons. The van der Waals surface area contributed by atoms with E-state index in [0.717, 1.165) is 12.3 Å². The zero-order chi connectivity index (χ0) is 15.0. The minimum Gasteiger partial charge on any atom is -0.473 e. The number of rotatable bonds is 3. The molecule has 7 nitrogen and oxygen atoms in total. The molecule has 0 unspecified atom stereocenters. The molecule has 0 amide bonds. The number of likely N-dealkylation sites (tertiary alicyclic amines) is 1. The van der Waals surface area contributed by atoms with Crippen LogP contribution in [-0.4, -0.2) is 53.2 Å². The zero-order valence-electron chi connectivity index (χ0n) is 11.4. The van der Waals surface area contributed by atoms with E-state index < -0.39 is 11.9 Å². The van der Waals surface area contributed by atoms with E-state index in [-0.39, 0.29) is 0 Å². The standard InChI is InChI=1S/C11H18N2O.C2H2O4/c1-13-6-4-10(5-7-13)12-9-11-3-2-8-14-11;3-1(4)2(5)6/h2-3,8,10,12H,4-7,9H2,1H3;(H,3,4)(H,5,6). The van der Waals surface area contributed by atoms with Crippen molar-refractivity contribution in [1.29, 1.82) is 0 Å². The Balaban J connectivity index is 0.000000286. The minimum absolute atomic E-state index is 0.663. The van der Waals surface area contributed by atoms with E-state index in [1.807, 2.05) is 12.1 Å². The van der Waals surface area contributed by atoms with Crippen molar-refractivity contribution in [2.24, 2.45) is 0 Å². The maximum atomic E-state index is 9.10. The van der Waals surface area contributed by atoms with Crippen molar-refractivity contribution in [3.8, 4) is 0 Å². The number of nitrogens with zero attached hydrogens (tertiary/aromatic N) is 1. The van der Waals surface area contributed by atoms with Gasteiger partial charge in [-0.3, -0.25) is 0 Å². The fourth-order valence-electron chi connectivity index (χ4n) is 1.87. The third-order valence-corrected chi connectivity index (χ3v) is 3.05. The van der Waals surface area contributed by atoms with Crippen molar-refractivity contribution in [1.82, 2.24) is 10.2 Å². The first-order valence-corrected chi connectivity index (χ1v) is 6.39. The van der Waals surface area contributed by atoms with Crippen LogP contribution < -0.4 is 5.32 Å². The third kappa shape index (κ3) is 6.35. The molecule has 1 aromatic heterocycles. The molecule has 1 aliphatic rings. The van der Waals surface area contributed by atoms with E-state index >= 15 is 0 Å². The predicted octanol–water partition coefficient (Wildman–Crippen LogP) is 0.619. The molecule has 20 heavy (non-hydrogen) atoms. The highest BCUT2D eigenvalue weighted by atomic mass is 16.4. The van der Waals surface area contributed by atoms with E-state index in [4.69, 9.17) is 24.2 Å². The average Bonchev–Trinajstić information content (AvgIpc) is 2.92. The van der Waals surface area contributed by atoms with E-state index in [0.29, 0.717) is 6.04 Å². The summed E-state index contributed by atoms with van der Waals surface area (Å²) in [4.78, 5) is 20.6. The Hall–Kier alpha value is -1.86. The Morgan fingerprint density at radius 3 is 2.40 bits per heavy atom. The van der Waals surface area contributed by atoms with Gasteiger partial charge in [0.15, 0.2) is 0 Å². The van der Waals surface area contributed by atoms with Gasteiger partial charge in [-0.15, -0.1) is 0 Å². The van der Waals surface area contributed by atoms with Crippen LogP contribution in [0.5, 0.6) is 0 Å². The van der Waals surface area contributed by atoms with Crippen molar-refractivity contribution in [3.63, 3.8) is 0 Å². The van der Waals surface area contributed by atoms with Crippen molar-refractivity contribution in [2.75, 3.05) is 20.1 Å². The summed E-state index contributed by atoms with van der Waals surface area (Å²) < 4.78 is 5.27. The fourth-order valence-corrected chi connectivity index (χ4v) is 1.87. The quantitative estimate of drug-likeness (QED) is 0.699. The lowest BCUT2D eigenvalue weighted by molar-refractivity contribution is -0.159. The highest BCUT2D eigenvalue weighted by Gasteiger charge is 2.15. The molecule has 1 aromatic rings. The van der Waals surface area contributed by atoms with Crippen LogP contribution in [0, 0.1) is 0 Å². The lowest BCUT2D eigenvalue weighted by atomic mass is 10.1. The van der Waals surface area contributed by atoms with E-state index in [9.17, 15) is 0 Å². The Kier molecular flexibility index (Phi) is 6.75. The molecular formula is C13H20N2O5. The number of furan rings is 1. The van der Waals surface area contributed by atoms with E-state index in [2.05, 4.69) is 17.3 Å². The van der Waals surface area contributed by atoms with Gasteiger partial charge < -0.3 is 24.8 Å². The van der Waals surface area contributed by atoms with Crippen LogP contribution in [0.4, 0.5) is 0 Å². The number of carboxylic acid groups (broad SMARTS) is 2. The van der Waals surface area contributed by atoms with Gasteiger partial charge in [-0.1, -0.05) is 0 Å². The molecule has 0 atom stereocenters. The zero-order valence-corrected chi connectivity index (χ0v) is 11.4. The largest absolute Gasteiger partial charge is 0.473 e. The average molecular weight is 284 g/mol. The molecule has 3 N–H and O–H groups in total. The molecule has 2 heterocycles. The molecule has 0 aliphatic carbocycles. The maximum Gasteiger partial charge on any atom is 0.414 e. The second-order valence-electron chi connectivity index (χ2n) is 4.65. The molecule has 0 aromatic carbocycles. The molecule has 1 saturated heterocycles. The van der Waals surface area contributed by atoms with Crippen LogP contribution in [0.2, 0.25) is 0 Å². The highest BCUT2D eigenvalue weighted by molar-refractivity contribution is 6.27. The summed E-state index contributed by atoms with van der Waals surface area (Å²) in [5, 5.41) is 18.3. The number of carboxylic acids is 2. The van der Waals surface area contributed by atoms with Gasteiger partial charge in [-0.2, -0.15) is 0 Å². The van der Waals surface area contributed by atoms with Gasteiger partial charge >= 0.3 is 11.9 Å². The summed E-state index contributed by atoms with van der Waals surface area (Å²) >= 11 is 0. The normalized spacial score (nSPS) is 16.2. The Bertz CT molecular complexity index is 398. The SMILES string of the molecule is CN1CCC(NCc2ccco2)CC1.O=C(O)C(=O)O. The topological polar surface area (TPSA) is 103 Å². The number of hydrogen-bond donors (Lipinski definition) is 3. The van der Waals surface area contributed by atoms with E-state index in [1.54, 1.807) is 6.26 Å². The lowest BCUT2D eigenvalue weighted by Crippen LogP contribution is -2.40. The number of aliphatic carboxylic acids is 2. The number of nitrogens with one attached hydrogen (secondary N) is 1. The molecule has 0 bridgehead atoms. The van der Waals surface area contributed by atoms with Crippen molar-refractivity contribution in [2.45, 2.75) is 25.4 Å². The summed E-state index contributed by atoms with van der Waals surface area (Å²) in [7, 11) is 2.18. The van der Waals surface area contributed by atoms with Gasteiger partial charge in [-0.25, -0.2) is 9.59 Å². The maximum absolute atomic E-state index is 9.10. The molecule has 1 aliphatic heterocycles. The molecule has 7 heteroatoms. The Morgan fingerprint density at radius 2 is 1.95 bits per heavy atom. The molecule has 0 spiro atoms. The molecule has 2 rings (SSSR count). The van der Waals surface area contributed by atoms with Crippen LogP contribution in [-0.2, 0) is 16.1 Å². The van der Waals surface area contributed by atoms with Crippen LogP contribution in [0.3, 0.4) is 0 Å². The predicted molar refractivity (Wildman–Crippen MR) is 71.3 cm³/mol. The number of hydrogen-bond acceptors (Lipinski definition) is 5. The molecular weight excluding hydrogens is 264 g/mol. The smallest absolute Gasteiger partial charge is 0.414 e. The first-order valence-electron chi connectivity index (χ1n) is 6.39. The van der Waals surface area contributed by atoms with Crippen LogP contribution >= 0.6 is 0 Å². The summed E-state index contributed by atoms with van der Waals surface area (Å²) in [6.45, 7) is 3.27. The van der Waals surface area contributed by atoms with Gasteiger partial charge in [0, 0.05) is 6.04 Å². The molecule has 1 fully saturated rings. The summed E-state index contributed by atoms with van der Waals surface area (Å²) in [5.74, 6) is -2.62. The van der Waals surface area contributed by atoms with Crippen molar-refractivity contribution in [3.05, 3.63) is 24.2 Å². The first-order chi connectivity index (χ1) is 9.49. The highest BCUT2D eigenvalue weighted by Crippen LogP contribution is 2.09. The van der Waals surface area contributed by atoms with Gasteiger partial charge in [0.2, 0.25) is 0 Å². The van der Waals surface area contributed by atoms with Crippen molar-refractivity contribution >= 4 is 11.9 Å². The van der Waals surface area contributed by atoms with Gasteiger partial charge in [0.25, 0.3) is 0 Å². The lowest BCUT2D eigenvalue weighted by Gasteiger charge is -2.29.